The number of benzene rings is 1. The molecule has 0 unspecified atom stereocenters. The van der Waals surface area contributed by atoms with Gasteiger partial charge in [-0.05, 0) is 12.1 Å². The van der Waals surface area contributed by atoms with Crippen LogP contribution in [0.4, 0.5) is 18.9 Å². The molecule has 0 saturated carbocycles. The van der Waals surface area contributed by atoms with Crippen molar-refractivity contribution < 1.29 is 13.2 Å². The van der Waals surface area contributed by atoms with Gasteiger partial charge in [-0.3, -0.25) is 4.68 Å². The summed E-state index contributed by atoms with van der Waals surface area (Å²) in [5, 5.41) is 6.70. The molecule has 1 aromatic carbocycles. The maximum Gasteiger partial charge on any atom is 0.418 e. The van der Waals surface area contributed by atoms with E-state index in [1.54, 1.807) is 24.1 Å². The summed E-state index contributed by atoms with van der Waals surface area (Å²) in [7, 11) is 1.74. The lowest BCUT2D eigenvalue weighted by atomic mass is 10.1. The Morgan fingerprint density at radius 2 is 2.11 bits per heavy atom. The van der Waals surface area contributed by atoms with E-state index in [0.717, 1.165) is 11.6 Å². The van der Waals surface area contributed by atoms with Crippen molar-refractivity contribution in [2.75, 3.05) is 5.32 Å². The molecule has 102 valence electrons. The maximum atomic E-state index is 12.8. The molecule has 2 aromatic rings. The molecule has 0 aliphatic heterocycles. The SMILES string of the molecule is Cn1cc(CNc2c(Cl)cccc2C(F)(F)F)cn1. The van der Waals surface area contributed by atoms with Crippen molar-refractivity contribution in [3.05, 3.63) is 46.7 Å². The molecule has 1 N–H and O–H groups in total. The van der Waals surface area contributed by atoms with Crippen LogP contribution in [0.2, 0.25) is 5.02 Å². The van der Waals surface area contributed by atoms with Crippen molar-refractivity contribution in [2.45, 2.75) is 12.7 Å². The van der Waals surface area contributed by atoms with Crippen molar-refractivity contribution in [2.24, 2.45) is 7.05 Å². The highest BCUT2D eigenvalue weighted by molar-refractivity contribution is 6.33. The van der Waals surface area contributed by atoms with Gasteiger partial charge in [-0.25, -0.2) is 0 Å². The van der Waals surface area contributed by atoms with Gasteiger partial charge in [-0.1, -0.05) is 17.7 Å². The van der Waals surface area contributed by atoms with Gasteiger partial charge >= 0.3 is 6.18 Å². The predicted octanol–water partition coefficient (Wildman–Crippen LogP) is 3.70. The average molecular weight is 290 g/mol. The molecular weight excluding hydrogens is 279 g/mol. The number of rotatable bonds is 3. The molecule has 0 bridgehead atoms. The van der Waals surface area contributed by atoms with Crippen LogP contribution in [0.15, 0.2) is 30.6 Å². The van der Waals surface area contributed by atoms with Gasteiger partial charge < -0.3 is 5.32 Å². The van der Waals surface area contributed by atoms with Crippen molar-refractivity contribution in [3.63, 3.8) is 0 Å². The first-order chi connectivity index (χ1) is 8.88. The fraction of sp³-hybridized carbons (Fsp3) is 0.250. The summed E-state index contributed by atoms with van der Waals surface area (Å²) in [5.74, 6) is 0. The lowest BCUT2D eigenvalue weighted by Gasteiger charge is -2.15. The molecule has 0 aliphatic rings. The predicted molar refractivity (Wildman–Crippen MR) is 67.0 cm³/mol. The van der Waals surface area contributed by atoms with Crippen LogP contribution in [0.1, 0.15) is 11.1 Å². The smallest absolute Gasteiger partial charge is 0.379 e. The van der Waals surface area contributed by atoms with Crippen LogP contribution < -0.4 is 5.32 Å². The van der Waals surface area contributed by atoms with E-state index in [1.165, 1.54) is 12.1 Å². The summed E-state index contributed by atoms with van der Waals surface area (Å²) < 4.78 is 40.1. The third-order valence-electron chi connectivity index (χ3n) is 2.55. The number of nitrogens with one attached hydrogen (secondary N) is 1. The van der Waals surface area contributed by atoms with Gasteiger partial charge in [0.05, 0.1) is 22.5 Å². The molecule has 0 radical (unpaired) electrons. The van der Waals surface area contributed by atoms with Crippen LogP contribution in [0.5, 0.6) is 0 Å². The molecule has 0 atom stereocenters. The first-order valence-corrected chi connectivity index (χ1v) is 5.83. The zero-order valence-electron chi connectivity index (χ0n) is 10.0. The molecular formula is C12H11ClF3N3. The number of hydrogen-bond acceptors (Lipinski definition) is 2. The Labute approximate surface area is 113 Å². The third-order valence-corrected chi connectivity index (χ3v) is 2.86. The van der Waals surface area contributed by atoms with Gasteiger partial charge in [0.25, 0.3) is 0 Å². The van der Waals surface area contributed by atoms with Crippen LogP contribution in [-0.2, 0) is 19.8 Å². The zero-order chi connectivity index (χ0) is 14.0. The Kier molecular flexibility index (Phi) is 3.71. The van der Waals surface area contributed by atoms with E-state index in [2.05, 4.69) is 10.4 Å². The Morgan fingerprint density at radius 1 is 1.37 bits per heavy atom. The number of alkyl halides is 3. The van der Waals surface area contributed by atoms with E-state index in [4.69, 9.17) is 11.6 Å². The van der Waals surface area contributed by atoms with Crippen molar-refractivity contribution in [3.8, 4) is 0 Å². The normalized spacial score (nSPS) is 11.6. The van der Waals surface area contributed by atoms with Crippen LogP contribution >= 0.6 is 11.6 Å². The second-order valence-electron chi connectivity index (χ2n) is 4.04. The van der Waals surface area contributed by atoms with Crippen molar-refractivity contribution in [1.29, 1.82) is 0 Å². The number of anilines is 1. The van der Waals surface area contributed by atoms with Gasteiger partial charge in [-0.2, -0.15) is 18.3 Å². The molecule has 2 rings (SSSR count). The summed E-state index contributed by atoms with van der Waals surface area (Å²) in [4.78, 5) is 0. The third kappa shape index (κ3) is 3.20. The van der Waals surface area contributed by atoms with E-state index >= 15 is 0 Å². The minimum atomic E-state index is -4.44. The minimum Gasteiger partial charge on any atom is -0.379 e. The molecule has 0 saturated heterocycles. The first kappa shape index (κ1) is 13.7. The molecule has 0 spiro atoms. The second kappa shape index (κ2) is 5.13. The molecule has 0 aliphatic carbocycles. The van der Waals surface area contributed by atoms with Gasteiger partial charge in [0.1, 0.15) is 0 Å². The Morgan fingerprint density at radius 3 is 2.68 bits per heavy atom. The summed E-state index contributed by atoms with van der Waals surface area (Å²) in [6, 6.07) is 3.69. The van der Waals surface area contributed by atoms with Crippen molar-refractivity contribution >= 4 is 17.3 Å². The van der Waals surface area contributed by atoms with E-state index in [9.17, 15) is 13.2 Å². The number of hydrogen-bond donors (Lipinski definition) is 1. The molecule has 7 heteroatoms. The van der Waals surface area contributed by atoms with Crippen LogP contribution in [0, 0.1) is 0 Å². The fourth-order valence-electron chi connectivity index (χ4n) is 1.69. The number of aryl methyl sites for hydroxylation is 1. The monoisotopic (exact) mass is 289 g/mol. The van der Waals surface area contributed by atoms with E-state index in [0.29, 0.717) is 0 Å². The Balaban J connectivity index is 2.24. The van der Waals surface area contributed by atoms with Gasteiger partial charge in [0.2, 0.25) is 0 Å². The molecule has 1 aromatic heterocycles. The fourth-order valence-corrected chi connectivity index (χ4v) is 1.93. The minimum absolute atomic E-state index is 0.0405. The first-order valence-electron chi connectivity index (χ1n) is 5.45. The second-order valence-corrected chi connectivity index (χ2v) is 4.44. The molecule has 19 heavy (non-hydrogen) atoms. The summed E-state index contributed by atoms with van der Waals surface area (Å²) in [5.41, 5.74) is -0.111. The van der Waals surface area contributed by atoms with E-state index in [-0.39, 0.29) is 17.3 Å². The highest BCUT2D eigenvalue weighted by Crippen LogP contribution is 2.38. The largest absolute Gasteiger partial charge is 0.418 e. The summed E-state index contributed by atoms with van der Waals surface area (Å²) >= 11 is 5.82. The quantitative estimate of drug-likeness (QED) is 0.933. The summed E-state index contributed by atoms with van der Waals surface area (Å²) in [6.07, 6.45) is -1.14. The van der Waals surface area contributed by atoms with E-state index in [1.807, 2.05) is 0 Å². The number of aromatic nitrogens is 2. The lowest BCUT2D eigenvalue weighted by molar-refractivity contribution is -0.136. The van der Waals surface area contributed by atoms with Crippen LogP contribution in [-0.4, -0.2) is 9.78 Å². The molecule has 0 amide bonds. The topological polar surface area (TPSA) is 29.9 Å². The average Bonchev–Trinajstić information content (AvgIpc) is 2.72. The van der Waals surface area contributed by atoms with E-state index < -0.39 is 11.7 Å². The van der Waals surface area contributed by atoms with Gasteiger partial charge in [0, 0.05) is 25.4 Å². The van der Waals surface area contributed by atoms with Gasteiger partial charge in [-0.15, -0.1) is 0 Å². The van der Waals surface area contributed by atoms with Crippen LogP contribution in [0.3, 0.4) is 0 Å². The van der Waals surface area contributed by atoms with Crippen molar-refractivity contribution in [1.82, 2.24) is 9.78 Å². The number of halogens is 4. The highest BCUT2D eigenvalue weighted by atomic mass is 35.5. The maximum absolute atomic E-state index is 12.8. The zero-order valence-corrected chi connectivity index (χ0v) is 10.8. The van der Waals surface area contributed by atoms with Crippen LogP contribution in [0.25, 0.3) is 0 Å². The summed E-state index contributed by atoms with van der Waals surface area (Å²) in [6.45, 7) is 0.223. The lowest BCUT2D eigenvalue weighted by Crippen LogP contribution is -2.11. The number of nitrogens with zero attached hydrogens (tertiary/aromatic N) is 2. The molecule has 1 heterocycles. The standard InChI is InChI=1S/C12H11ClF3N3/c1-19-7-8(6-18-19)5-17-11-9(12(14,15)16)3-2-4-10(11)13/h2-4,6-7,17H,5H2,1H3. The number of para-hydroxylation sites is 1. The van der Waals surface area contributed by atoms with Gasteiger partial charge in [0.15, 0.2) is 0 Å². The highest BCUT2D eigenvalue weighted by Gasteiger charge is 2.34. The molecule has 0 fully saturated rings. The Bertz CT molecular complexity index is 578. The Hall–Kier alpha value is -1.69. The molecule has 3 nitrogen and oxygen atoms in total.